The summed E-state index contributed by atoms with van der Waals surface area (Å²) >= 11 is 2.10. The number of carbonyl (C=O) groups excluding carboxylic acids is 3. The van der Waals surface area contributed by atoms with Gasteiger partial charge in [0, 0.05) is 16.5 Å². The first-order valence-electron chi connectivity index (χ1n) is 12.7. The molecule has 3 aromatic carbocycles. The number of hydrogen-bond acceptors (Lipinski definition) is 6. The van der Waals surface area contributed by atoms with Crippen molar-refractivity contribution < 1.29 is 18.8 Å². The number of benzene rings is 3. The second kappa shape index (κ2) is 10.2. The van der Waals surface area contributed by atoms with Gasteiger partial charge in [0.1, 0.15) is 17.6 Å². The molecule has 2 aliphatic rings. The number of halogens is 1. The topological polar surface area (TPSA) is 88.5 Å². The number of nitrogens with one attached hydrogen (secondary N) is 1. The minimum absolute atomic E-state index is 0.247. The van der Waals surface area contributed by atoms with Crippen molar-refractivity contribution in [2.24, 2.45) is 5.92 Å². The van der Waals surface area contributed by atoms with E-state index in [1.54, 1.807) is 36.4 Å². The van der Waals surface area contributed by atoms with Gasteiger partial charge < -0.3 is 5.32 Å². The molecule has 3 amide bonds. The van der Waals surface area contributed by atoms with Gasteiger partial charge in [0.15, 0.2) is 0 Å². The summed E-state index contributed by atoms with van der Waals surface area (Å²) in [5, 5.41) is 2.49. The molecule has 3 heterocycles. The van der Waals surface area contributed by atoms with E-state index in [0.717, 1.165) is 34.2 Å². The Hall–Kier alpha value is -4.02. The van der Waals surface area contributed by atoms with Crippen LogP contribution in [0.5, 0.6) is 0 Å². The van der Waals surface area contributed by atoms with E-state index in [0.29, 0.717) is 26.8 Å². The Kier molecular flexibility index (Phi) is 6.67. The summed E-state index contributed by atoms with van der Waals surface area (Å²) in [5.41, 5.74) is 3.76. The fraction of sp³-hybridized carbons (Fsp3) is 0.200. The van der Waals surface area contributed by atoms with Crippen molar-refractivity contribution in [3.63, 3.8) is 0 Å². The van der Waals surface area contributed by atoms with Crippen molar-refractivity contribution in [2.45, 2.75) is 36.6 Å². The third-order valence-electron chi connectivity index (χ3n) is 7.21. The summed E-state index contributed by atoms with van der Waals surface area (Å²) in [4.78, 5) is 55.2. The van der Waals surface area contributed by atoms with Crippen LogP contribution in [-0.2, 0) is 20.9 Å². The number of aromatic nitrogens is 1. The number of imide groups is 1. The standard InChI is InChI=1S/C30H24FN3O4S2/c1-16-3-11-20(12-4-16)32-22(35)15-33-29-26(40-30(33)38)23(18-7-9-19(31)10-8-18)24-25(39-29)28(37)34(27(24)36)21-13-5-17(2)6-14-21/h3-14,23-25H,15H2,1-2H3,(H,32,35)/t23-,24-,25+/m0/s1. The quantitative estimate of drug-likeness (QED) is 0.336. The van der Waals surface area contributed by atoms with Crippen LogP contribution in [0.4, 0.5) is 15.8 Å². The van der Waals surface area contributed by atoms with Crippen LogP contribution in [0.2, 0.25) is 0 Å². The van der Waals surface area contributed by atoms with Crippen LogP contribution < -0.4 is 15.1 Å². The molecule has 1 fully saturated rings. The number of hydrogen-bond donors (Lipinski definition) is 1. The zero-order chi connectivity index (χ0) is 28.1. The Bertz CT molecular complexity index is 1690. The molecule has 1 aromatic heterocycles. The zero-order valence-electron chi connectivity index (χ0n) is 21.6. The highest BCUT2D eigenvalue weighted by Gasteiger charge is 2.56. The number of carbonyl (C=O) groups is 3. The monoisotopic (exact) mass is 573 g/mol. The second-order valence-corrected chi connectivity index (χ2v) is 12.1. The molecule has 1 saturated heterocycles. The molecule has 202 valence electrons. The maximum atomic E-state index is 13.9. The summed E-state index contributed by atoms with van der Waals surface area (Å²) in [6.45, 7) is 3.62. The number of fused-ring (bicyclic) bond motifs is 2. The Balaban J connectivity index is 1.40. The van der Waals surface area contributed by atoms with Gasteiger partial charge in [-0.15, -0.1) is 0 Å². The van der Waals surface area contributed by atoms with Crippen molar-refractivity contribution in [3.8, 4) is 0 Å². The third kappa shape index (κ3) is 4.56. The number of nitrogens with zero attached hydrogens (tertiary/aromatic N) is 2. The Morgan fingerprint density at radius 1 is 0.875 bits per heavy atom. The maximum absolute atomic E-state index is 13.9. The van der Waals surface area contributed by atoms with Crippen LogP contribution >= 0.6 is 23.1 Å². The SMILES string of the molecule is Cc1ccc(NC(=O)Cn2c3c(sc2=O)[C@@H](c2ccc(F)cc2)[C@@H]2C(=O)N(c4ccc(C)cc4)C(=O)[C@@H]2S3)cc1. The van der Waals surface area contributed by atoms with Crippen LogP contribution in [0.15, 0.2) is 82.6 Å². The summed E-state index contributed by atoms with van der Waals surface area (Å²) in [6, 6.07) is 20.2. The predicted molar refractivity (Wildman–Crippen MR) is 153 cm³/mol. The fourth-order valence-electron chi connectivity index (χ4n) is 5.21. The van der Waals surface area contributed by atoms with Crippen LogP contribution in [0.25, 0.3) is 0 Å². The molecule has 0 aliphatic carbocycles. The maximum Gasteiger partial charge on any atom is 0.308 e. The number of amides is 3. The number of anilines is 2. The minimum Gasteiger partial charge on any atom is -0.325 e. The van der Waals surface area contributed by atoms with Gasteiger partial charge in [-0.2, -0.15) is 0 Å². The van der Waals surface area contributed by atoms with Gasteiger partial charge >= 0.3 is 4.87 Å². The molecule has 40 heavy (non-hydrogen) atoms. The molecule has 2 aliphatic heterocycles. The summed E-state index contributed by atoms with van der Waals surface area (Å²) in [6.07, 6.45) is 0. The van der Waals surface area contributed by atoms with Gasteiger partial charge in [0.05, 0.1) is 16.6 Å². The van der Waals surface area contributed by atoms with E-state index < -0.39 is 22.9 Å². The average molecular weight is 574 g/mol. The third-order valence-corrected chi connectivity index (χ3v) is 9.81. The average Bonchev–Trinajstić information content (AvgIpc) is 3.37. The molecule has 0 radical (unpaired) electrons. The lowest BCUT2D eigenvalue weighted by molar-refractivity contribution is -0.122. The summed E-state index contributed by atoms with van der Waals surface area (Å²) in [7, 11) is 0. The number of thioether (sulfide) groups is 1. The van der Waals surface area contributed by atoms with E-state index in [2.05, 4.69) is 5.32 Å². The lowest BCUT2D eigenvalue weighted by atomic mass is 9.83. The molecule has 0 bridgehead atoms. The van der Waals surface area contributed by atoms with Crippen molar-refractivity contribution in [1.29, 1.82) is 0 Å². The van der Waals surface area contributed by atoms with Crippen molar-refractivity contribution >= 4 is 52.2 Å². The van der Waals surface area contributed by atoms with Crippen LogP contribution in [0.3, 0.4) is 0 Å². The molecular weight excluding hydrogens is 549 g/mol. The van der Waals surface area contributed by atoms with Crippen molar-refractivity contribution in [2.75, 3.05) is 10.2 Å². The van der Waals surface area contributed by atoms with Crippen molar-refractivity contribution in [3.05, 3.63) is 110 Å². The Morgan fingerprint density at radius 2 is 1.50 bits per heavy atom. The van der Waals surface area contributed by atoms with Gasteiger partial charge in [-0.3, -0.25) is 23.7 Å². The molecule has 0 unspecified atom stereocenters. The van der Waals surface area contributed by atoms with Crippen LogP contribution in [-0.4, -0.2) is 27.5 Å². The minimum atomic E-state index is -0.809. The van der Waals surface area contributed by atoms with Crippen LogP contribution in [0, 0.1) is 25.6 Å². The van der Waals surface area contributed by atoms with Gasteiger partial charge in [-0.25, -0.2) is 9.29 Å². The highest BCUT2D eigenvalue weighted by molar-refractivity contribution is 8.00. The molecular formula is C30H24FN3O4S2. The Labute approximate surface area is 237 Å². The second-order valence-electron chi connectivity index (χ2n) is 9.98. The van der Waals surface area contributed by atoms with Gasteiger partial charge in [0.2, 0.25) is 17.7 Å². The molecule has 0 saturated carbocycles. The number of aryl methyl sites for hydroxylation is 2. The van der Waals surface area contributed by atoms with E-state index in [-0.39, 0.29) is 29.1 Å². The largest absolute Gasteiger partial charge is 0.325 e. The zero-order valence-corrected chi connectivity index (χ0v) is 23.2. The summed E-state index contributed by atoms with van der Waals surface area (Å²) in [5.74, 6) is -2.99. The molecule has 4 aromatic rings. The highest BCUT2D eigenvalue weighted by Crippen LogP contribution is 2.53. The van der Waals surface area contributed by atoms with E-state index in [4.69, 9.17) is 0 Å². The molecule has 7 nitrogen and oxygen atoms in total. The molecule has 1 N–H and O–H groups in total. The van der Waals surface area contributed by atoms with Gasteiger partial charge in [-0.05, 0) is 55.8 Å². The normalized spacial score (nSPS) is 19.9. The highest BCUT2D eigenvalue weighted by atomic mass is 32.2. The first-order chi connectivity index (χ1) is 19.2. The first kappa shape index (κ1) is 26.2. The predicted octanol–water partition coefficient (Wildman–Crippen LogP) is 5.10. The summed E-state index contributed by atoms with van der Waals surface area (Å²) < 4.78 is 15.2. The molecule has 3 atom stereocenters. The first-order valence-corrected chi connectivity index (χ1v) is 14.4. The van der Waals surface area contributed by atoms with E-state index in [1.165, 1.54) is 21.6 Å². The van der Waals surface area contributed by atoms with Crippen LogP contribution in [0.1, 0.15) is 27.5 Å². The smallest absolute Gasteiger partial charge is 0.308 e. The molecule has 0 spiro atoms. The van der Waals surface area contributed by atoms with E-state index in [9.17, 15) is 23.6 Å². The Morgan fingerprint density at radius 3 is 2.15 bits per heavy atom. The van der Waals surface area contributed by atoms with Crippen molar-refractivity contribution in [1.82, 2.24) is 4.57 Å². The lowest BCUT2D eigenvalue weighted by Gasteiger charge is -2.30. The van der Waals surface area contributed by atoms with Gasteiger partial charge in [0.25, 0.3) is 0 Å². The van der Waals surface area contributed by atoms with E-state index >= 15 is 0 Å². The van der Waals surface area contributed by atoms with Gasteiger partial charge in [-0.1, -0.05) is 70.6 Å². The number of rotatable bonds is 5. The number of thiazole rings is 1. The fourth-order valence-corrected chi connectivity index (χ4v) is 7.99. The molecule has 6 rings (SSSR count). The lowest BCUT2D eigenvalue weighted by Crippen LogP contribution is -2.33. The molecule has 10 heteroatoms. The van der Waals surface area contributed by atoms with E-state index in [1.807, 2.05) is 38.1 Å².